The number of benzene rings is 1. The first-order valence-corrected chi connectivity index (χ1v) is 7.25. The van der Waals surface area contributed by atoms with E-state index in [0.717, 1.165) is 36.3 Å². The standard InChI is InChI=1S/C15H17ClN2O3/c1-19-12-5-4-10(16)7-11(12)13-14(21-18-15(13)17)9-3-2-6-20-8-9/h4-5,7,9H,2-3,6,8H2,1H3,(H2,17,18). The molecule has 0 bridgehead atoms. The van der Waals surface area contributed by atoms with Crippen molar-refractivity contribution in [2.75, 3.05) is 26.1 Å². The van der Waals surface area contributed by atoms with Gasteiger partial charge in [-0.05, 0) is 31.0 Å². The number of aromatic nitrogens is 1. The lowest BCUT2D eigenvalue weighted by Crippen LogP contribution is -2.15. The second-order valence-electron chi connectivity index (χ2n) is 5.07. The number of methoxy groups -OCH3 is 1. The summed E-state index contributed by atoms with van der Waals surface area (Å²) in [6.45, 7) is 1.40. The molecule has 1 fully saturated rings. The Morgan fingerprint density at radius 1 is 1.43 bits per heavy atom. The van der Waals surface area contributed by atoms with E-state index >= 15 is 0 Å². The van der Waals surface area contributed by atoms with Gasteiger partial charge in [-0.3, -0.25) is 0 Å². The fourth-order valence-corrected chi connectivity index (χ4v) is 2.86. The summed E-state index contributed by atoms with van der Waals surface area (Å²) in [7, 11) is 1.61. The number of nitrogen functional groups attached to an aromatic ring is 1. The zero-order chi connectivity index (χ0) is 14.8. The molecule has 112 valence electrons. The number of anilines is 1. The van der Waals surface area contributed by atoms with Crippen LogP contribution in [0.2, 0.25) is 5.02 Å². The largest absolute Gasteiger partial charge is 0.496 e. The van der Waals surface area contributed by atoms with Crippen molar-refractivity contribution < 1.29 is 14.0 Å². The van der Waals surface area contributed by atoms with Gasteiger partial charge in [0.25, 0.3) is 0 Å². The maximum Gasteiger partial charge on any atom is 0.175 e. The molecule has 3 rings (SSSR count). The van der Waals surface area contributed by atoms with E-state index in [1.807, 2.05) is 12.1 Å². The van der Waals surface area contributed by atoms with Crippen LogP contribution in [-0.2, 0) is 4.74 Å². The summed E-state index contributed by atoms with van der Waals surface area (Å²) in [5.41, 5.74) is 7.56. The molecular weight excluding hydrogens is 292 g/mol. The van der Waals surface area contributed by atoms with Gasteiger partial charge in [-0.15, -0.1) is 0 Å². The van der Waals surface area contributed by atoms with Crippen LogP contribution < -0.4 is 10.5 Å². The highest BCUT2D eigenvalue weighted by atomic mass is 35.5. The van der Waals surface area contributed by atoms with Gasteiger partial charge in [0.05, 0.1) is 19.3 Å². The van der Waals surface area contributed by atoms with E-state index in [2.05, 4.69) is 5.16 Å². The van der Waals surface area contributed by atoms with Gasteiger partial charge < -0.3 is 19.7 Å². The summed E-state index contributed by atoms with van der Waals surface area (Å²) < 4.78 is 16.4. The third kappa shape index (κ3) is 2.71. The predicted octanol–water partition coefficient (Wildman–Crippen LogP) is 3.48. The highest BCUT2D eigenvalue weighted by Gasteiger charge is 2.27. The van der Waals surface area contributed by atoms with Crippen molar-refractivity contribution in [3.63, 3.8) is 0 Å². The summed E-state index contributed by atoms with van der Waals surface area (Å²) in [6, 6.07) is 5.40. The lowest BCUT2D eigenvalue weighted by molar-refractivity contribution is 0.0723. The molecule has 1 aliphatic heterocycles. The molecule has 1 aliphatic rings. The number of nitrogens with zero attached hydrogens (tertiary/aromatic N) is 1. The van der Waals surface area contributed by atoms with Crippen molar-refractivity contribution in [1.82, 2.24) is 5.16 Å². The molecule has 2 N–H and O–H groups in total. The topological polar surface area (TPSA) is 70.5 Å². The Labute approximate surface area is 128 Å². The number of halogens is 1. The molecule has 1 aromatic carbocycles. The fraction of sp³-hybridized carbons (Fsp3) is 0.400. The third-order valence-corrected chi connectivity index (χ3v) is 3.94. The van der Waals surface area contributed by atoms with Gasteiger partial charge in [-0.25, -0.2) is 0 Å². The van der Waals surface area contributed by atoms with E-state index < -0.39 is 0 Å². The molecule has 0 spiro atoms. The van der Waals surface area contributed by atoms with Crippen molar-refractivity contribution in [3.8, 4) is 16.9 Å². The average Bonchev–Trinajstić information content (AvgIpc) is 2.89. The molecule has 1 aromatic heterocycles. The molecule has 0 amide bonds. The Kier molecular flexibility index (Phi) is 4.03. The second-order valence-corrected chi connectivity index (χ2v) is 5.50. The van der Waals surface area contributed by atoms with Crippen LogP contribution in [0.25, 0.3) is 11.1 Å². The molecular formula is C15H17ClN2O3. The lowest BCUT2D eigenvalue weighted by atomic mass is 9.93. The molecule has 0 saturated carbocycles. The maximum absolute atomic E-state index is 6.11. The van der Waals surface area contributed by atoms with E-state index in [1.165, 1.54) is 0 Å². The molecule has 1 unspecified atom stereocenters. The SMILES string of the molecule is COc1ccc(Cl)cc1-c1c(N)noc1C1CCCOC1. The van der Waals surface area contributed by atoms with E-state index in [0.29, 0.717) is 23.2 Å². The second kappa shape index (κ2) is 5.95. The summed E-state index contributed by atoms with van der Waals surface area (Å²) in [4.78, 5) is 0. The highest BCUT2D eigenvalue weighted by Crippen LogP contribution is 2.42. The third-order valence-electron chi connectivity index (χ3n) is 3.71. The van der Waals surface area contributed by atoms with Crippen molar-refractivity contribution in [1.29, 1.82) is 0 Å². The lowest BCUT2D eigenvalue weighted by Gasteiger charge is -2.21. The van der Waals surface area contributed by atoms with E-state index in [9.17, 15) is 0 Å². The Hall–Kier alpha value is -1.72. The van der Waals surface area contributed by atoms with E-state index in [4.69, 9.17) is 31.3 Å². The zero-order valence-electron chi connectivity index (χ0n) is 11.8. The smallest absolute Gasteiger partial charge is 0.175 e. The van der Waals surface area contributed by atoms with E-state index in [-0.39, 0.29) is 5.92 Å². The number of hydrogen-bond donors (Lipinski definition) is 1. The predicted molar refractivity (Wildman–Crippen MR) is 80.7 cm³/mol. The van der Waals surface area contributed by atoms with Crippen LogP contribution in [0.3, 0.4) is 0 Å². The van der Waals surface area contributed by atoms with Crippen LogP contribution in [0.5, 0.6) is 5.75 Å². The summed E-state index contributed by atoms with van der Waals surface area (Å²) in [5, 5.41) is 4.53. The molecule has 6 heteroatoms. The van der Waals surface area contributed by atoms with Gasteiger partial charge in [-0.2, -0.15) is 0 Å². The first kappa shape index (κ1) is 14.2. The van der Waals surface area contributed by atoms with Crippen LogP contribution in [0, 0.1) is 0 Å². The highest BCUT2D eigenvalue weighted by molar-refractivity contribution is 6.31. The number of hydrogen-bond acceptors (Lipinski definition) is 5. The van der Waals surface area contributed by atoms with Crippen LogP contribution in [0.1, 0.15) is 24.5 Å². The molecule has 0 radical (unpaired) electrons. The monoisotopic (exact) mass is 308 g/mol. The Bertz CT molecular complexity index is 636. The Morgan fingerprint density at radius 3 is 3.00 bits per heavy atom. The van der Waals surface area contributed by atoms with Gasteiger partial charge in [-0.1, -0.05) is 16.8 Å². The fourth-order valence-electron chi connectivity index (χ4n) is 2.69. The molecule has 5 nitrogen and oxygen atoms in total. The van der Waals surface area contributed by atoms with Crippen molar-refractivity contribution in [2.45, 2.75) is 18.8 Å². The van der Waals surface area contributed by atoms with Crippen molar-refractivity contribution in [2.24, 2.45) is 0 Å². The van der Waals surface area contributed by atoms with Gasteiger partial charge in [0.2, 0.25) is 0 Å². The Balaban J connectivity index is 2.09. The number of ether oxygens (including phenoxy) is 2. The van der Waals surface area contributed by atoms with Crippen molar-refractivity contribution in [3.05, 3.63) is 29.0 Å². The van der Waals surface area contributed by atoms with Gasteiger partial charge in [0.1, 0.15) is 5.75 Å². The van der Waals surface area contributed by atoms with Gasteiger partial charge >= 0.3 is 0 Å². The van der Waals surface area contributed by atoms with Crippen LogP contribution in [0.4, 0.5) is 5.82 Å². The number of nitrogens with two attached hydrogens (primary N) is 1. The Morgan fingerprint density at radius 2 is 2.29 bits per heavy atom. The summed E-state index contributed by atoms with van der Waals surface area (Å²) >= 11 is 6.11. The molecule has 21 heavy (non-hydrogen) atoms. The maximum atomic E-state index is 6.11. The van der Waals surface area contributed by atoms with Crippen LogP contribution in [-0.4, -0.2) is 25.5 Å². The molecule has 0 aliphatic carbocycles. The molecule has 1 saturated heterocycles. The minimum absolute atomic E-state index is 0.155. The molecule has 2 aromatic rings. The van der Waals surface area contributed by atoms with Gasteiger partial charge in [0, 0.05) is 23.1 Å². The summed E-state index contributed by atoms with van der Waals surface area (Å²) in [6.07, 6.45) is 1.99. The minimum Gasteiger partial charge on any atom is -0.496 e. The molecule has 1 atom stereocenters. The first-order valence-electron chi connectivity index (χ1n) is 6.87. The van der Waals surface area contributed by atoms with E-state index in [1.54, 1.807) is 13.2 Å². The first-order chi connectivity index (χ1) is 10.2. The summed E-state index contributed by atoms with van der Waals surface area (Å²) in [5.74, 6) is 1.93. The average molecular weight is 309 g/mol. The van der Waals surface area contributed by atoms with Crippen LogP contribution in [0.15, 0.2) is 22.7 Å². The zero-order valence-corrected chi connectivity index (χ0v) is 12.5. The quantitative estimate of drug-likeness (QED) is 0.940. The normalized spacial score (nSPS) is 18.7. The van der Waals surface area contributed by atoms with Crippen LogP contribution >= 0.6 is 11.6 Å². The molecule has 2 heterocycles. The minimum atomic E-state index is 0.155. The number of rotatable bonds is 3. The van der Waals surface area contributed by atoms with Crippen molar-refractivity contribution >= 4 is 17.4 Å². The van der Waals surface area contributed by atoms with Gasteiger partial charge in [0.15, 0.2) is 11.6 Å².